The number of hydrogen-bond donors (Lipinski definition) is 2. The third-order valence-electron chi connectivity index (χ3n) is 6.54. The molecule has 2 fully saturated rings. The largest absolute Gasteiger partial charge is 0.365 e. The SMILES string of the molecule is Cc1ncnc2c1c(-c1ncc(F)c(N[C@@H]3CCC[C@H](NC(=O)N4CCCC4)C3)n1)cn2SI. The van der Waals surface area contributed by atoms with Gasteiger partial charge in [-0.3, -0.25) is 3.97 Å². The van der Waals surface area contributed by atoms with Gasteiger partial charge in [0.25, 0.3) is 0 Å². The Hall–Kier alpha value is -2.22. The molecule has 2 N–H and O–H groups in total. The number of carbonyl (C=O) groups is 1. The number of anilines is 1. The van der Waals surface area contributed by atoms with Gasteiger partial charge in [0.05, 0.1) is 17.3 Å². The van der Waals surface area contributed by atoms with Gasteiger partial charge >= 0.3 is 6.03 Å². The summed E-state index contributed by atoms with van der Waals surface area (Å²) in [4.78, 5) is 31.9. The lowest BCUT2D eigenvalue weighted by atomic mass is 9.91. The molecule has 2 amide bonds. The predicted molar refractivity (Wildman–Crippen MR) is 139 cm³/mol. The number of likely N-dealkylation sites (tertiary alicyclic amines) is 1. The van der Waals surface area contributed by atoms with Crippen molar-refractivity contribution < 1.29 is 9.18 Å². The predicted octanol–water partition coefficient (Wildman–Crippen LogP) is 4.71. The molecule has 4 heterocycles. The average Bonchev–Trinajstić information content (AvgIpc) is 3.50. The Morgan fingerprint density at radius 3 is 2.76 bits per heavy atom. The fourth-order valence-electron chi connectivity index (χ4n) is 4.84. The summed E-state index contributed by atoms with van der Waals surface area (Å²) in [7, 11) is 1.49. The molecule has 5 rings (SSSR count). The molecule has 0 unspecified atom stereocenters. The summed E-state index contributed by atoms with van der Waals surface area (Å²) in [6.45, 7) is 3.56. The molecule has 1 saturated carbocycles. The summed E-state index contributed by atoms with van der Waals surface area (Å²) >= 11 is 2.19. The second kappa shape index (κ2) is 10.2. The van der Waals surface area contributed by atoms with E-state index in [-0.39, 0.29) is 23.9 Å². The zero-order chi connectivity index (χ0) is 23.7. The third-order valence-corrected chi connectivity index (χ3v) is 8.24. The van der Waals surface area contributed by atoms with Gasteiger partial charge in [-0.05, 0) is 45.4 Å². The number of urea groups is 1. The summed E-state index contributed by atoms with van der Waals surface area (Å²) < 4.78 is 16.6. The third kappa shape index (κ3) is 4.79. The summed E-state index contributed by atoms with van der Waals surface area (Å²) in [5, 5.41) is 7.30. The number of carbonyl (C=O) groups excluding carboxylic acids is 1. The number of fused-ring (bicyclic) bond motifs is 1. The highest BCUT2D eigenvalue weighted by atomic mass is 127. The van der Waals surface area contributed by atoms with Gasteiger partial charge in [0.2, 0.25) is 0 Å². The van der Waals surface area contributed by atoms with E-state index < -0.39 is 5.82 Å². The molecule has 12 heteroatoms. The second-order valence-corrected chi connectivity index (χ2v) is 10.5. The molecule has 0 bridgehead atoms. The van der Waals surface area contributed by atoms with Gasteiger partial charge in [-0.2, -0.15) is 0 Å². The molecule has 0 radical (unpaired) electrons. The van der Waals surface area contributed by atoms with Gasteiger partial charge < -0.3 is 15.5 Å². The Labute approximate surface area is 213 Å². The van der Waals surface area contributed by atoms with Gasteiger partial charge in [0, 0.05) is 67.3 Å². The van der Waals surface area contributed by atoms with E-state index in [4.69, 9.17) is 0 Å². The smallest absolute Gasteiger partial charge is 0.317 e. The fourth-order valence-corrected chi connectivity index (χ4v) is 6.09. The van der Waals surface area contributed by atoms with Crippen LogP contribution in [0.25, 0.3) is 22.4 Å². The van der Waals surface area contributed by atoms with Crippen LogP contribution in [-0.4, -0.2) is 60.0 Å². The molecule has 3 aromatic heterocycles. The lowest BCUT2D eigenvalue weighted by molar-refractivity contribution is 0.199. The van der Waals surface area contributed by atoms with E-state index in [0.29, 0.717) is 5.82 Å². The number of aromatic nitrogens is 5. The van der Waals surface area contributed by atoms with Gasteiger partial charge in [0.1, 0.15) is 6.33 Å². The Balaban J connectivity index is 1.35. The summed E-state index contributed by atoms with van der Waals surface area (Å²) in [5.41, 5.74) is 2.35. The number of rotatable bonds is 5. The molecule has 0 spiro atoms. The number of nitrogens with zero attached hydrogens (tertiary/aromatic N) is 6. The maximum absolute atomic E-state index is 14.7. The van der Waals surface area contributed by atoms with Crippen molar-refractivity contribution in [3.63, 3.8) is 0 Å². The van der Waals surface area contributed by atoms with Gasteiger partial charge in [0.15, 0.2) is 23.1 Å². The maximum atomic E-state index is 14.7. The zero-order valence-corrected chi connectivity index (χ0v) is 21.8. The van der Waals surface area contributed by atoms with Crippen LogP contribution in [0.1, 0.15) is 44.2 Å². The minimum Gasteiger partial charge on any atom is -0.365 e. The molecule has 1 saturated heterocycles. The topological polar surface area (TPSA) is 101 Å². The van der Waals surface area contributed by atoms with Crippen LogP contribution in [0.15, 0.2) is 18.7 Å². The Bertz CT molecular complexity index is 1200. The number of amides is 2. The summed E-state index contributed by atoms with van der Waals surface area (Å²) in [5.74, 6) is 0.108. The first-order valence-electron chi connectivity index (χ1n) is 11.5. The van der Waals surface area contributed by atoms with Crippen molar-refractivity contribution in [2.75, 3.05) is 18.4 Å². The van der Waals surface area contributed by atoms with Crippen LogP contribution in [0, 0.1) is 12.7 Å². The quantitative estimate of drug-likeness (QED) is 0.412. The van der Waals surface area contributed by atoms with E-state index in [1.807, 2.05) is 22.0 Å². The number of nitrogens with one attached hydrogen (secondary N) is 2. The van der Waals surface area contributed by atoms with E-state index in [2.05, 4.69) is 51.8 Å². The van der Waals surface area contributed by atoms with Gasteiger partial charge in [-0.25, -0.2) is 29.1 Å². The normalized spacial score (nSPS) is 20.6. The van der Waals surface area contributed by atoms with Crippen LogP contribution in [0.3, 0.4) is 0 Å². The van der Waals surface area contributed by atoms with E-state index in [1.54, 1.807) is 0 Å². The lowest BCUT2D eigenvalue weighted by Crippen LogP contribution is -2.47. The van der Waals surface area contributed by atoms with Crippen molar-refractivity contribution in [2.24, 2.45) is 0 Å². The van der Waals surface area contributed by atoms with E-state index in [0.717, 1.165) is 73.9 Å². The summed E-state index contributed by atoms with van der Waals surface area (Å²) in [6, 6.07) is 0.106. The highest BCUT2D eigenvalue weighted by Gasteiger charge is 2.27. The molecule has 34 heavy (non-hydrogen) atoms. The van der Waals surface area contributed by atoms with Crippen LogP contribution in [0.5, 0.6) is 0 Å². The molecule has 9 nitrogen and oxygen atoms in total. The van der Waals surface area contributed by atoms with Gasteiger partial charge in [-0.1, -0.05) is 0 Å². The highest BCUT2D eigenvalue weighted by Crippen LogP contribution is 2.34. The Morgan fingerprint density at radius 2 is 1.97 bits per heavy atom. The lowest BCUT2D eigenvalue weighted by Gasteiger charge is -2.32. The van der Waals surface area contributed by atoms with Crippen molar-refractivity contribution in [1.29, 1.82) is 0 Å². The van der Waals surface area contributed by atoms with Crippen molar-refractivity contribution in [3.8, 4) is 11.4 Å². The molecule has 2 aliphatic rings. The highest BCUT2D eigenvalue weighted by molar-refractivity contribution is 14.2. The van der Waals surface area contributed by atoms with E-state index >= 15 is 0 Å². The minimum atomic E-state index is -0.494. The van der Waals surface area contributed by atoms with Gasteiger partial charge in [-0.15, -0.1) is 0 Å². The molecule has 1 aliphatic heterocycles. The number of aryl methyl sites for hydroxylation is 1. The monoisotopic (exact) mass is 596 g/mol. The molecule has 2 atom stereocenters. The zero-order valence-electron chi connectivity index (χ0n) is 18.8. The number of hydrogen-bond acceptors (Lipinski definition) is 7. The minimum absolute atomic E-state index is 0.0146. The molecule has 1 aliphatic carbocycles. The first kappa shape index (κ1) is 23.5. The molecule has 0 aromatic carbocycles. The van der Waals surface area contributed by atoms with E-state index in [9.17, 15) is 9.18 Å². The van der Waals surface area contributed by atoms with Crippen LogP contribution in [-0.2, 0) is 0 Å². The maximum Gasteiger partial charge on any atom is 0.317 e. The Kier molecular flexibility index (Phi) is 7.04. The Morgan fingerprint density at radius 1 is 1.18 bits per heavy atom. The first-order chi connectivity index (χ1) is 16.5. The molecule has 180 valence electrons. The van der Waals surface area contributed by atoms with Crippen molar-refractivity contribution in [1.82, 2.24) is 34.1 Å². The molecular weight excluding hydrogens is 570 g/mol. The number of halogens is 2. The molecular formula is C22H26FIN8OS. The van der Waals surface area contributed by atoms with Crippen LogP contribution < -0.4 is 10.6 Å². The van der Waals surface area contributed by atoms with Crippen LogP contribution in [0.2, 0.25) is 0 Å². The summed E-state index contributed by atoms with van der Waals surface area (Å²) in [6.07, 6.45) is 10.3. The van der Waals surface area contributed by atoms with E-state index in [1.165, 1.54) is 21.6 Å². The second-order valence-electron chi connectivity index (χ2n) is 8.83. The molecule has 3 aromatic rings. The van der Waals surface area contributed by atoms with Crippen molar-refractivity contribution in [2.45, 2.75) is 57.5 Å². The standard InChI is InChI=1S/C22H26FIN8OS/c1-13-18-16(11-32(34-24)21(18)27-12-26-13)19-25-10-17(23)20(30-19)28-14-5-4-6-15(9-14)29-22(33)31-7-2-3-8-31/h10-12,14-15H,2-9H2,1H3,(H,29,33)(H,25,28,30)/t14-,15+/m1/s1. The first-order valence-corrected chi connectivity index (χ1v) is 14.8. The van der Waals surface area contributed by atoms with Crippen molar-refractivity contribution >= 4 is 53.2 Å². The fraction of sp³-hybridized carbons (Fsp3) is 0.500. The van der Waals surface area contributed by atoms with Crippen LogP contribution in [0.4, 0.5) is 15.0 Å². The van der Waals surface area contributed by atoms with Crippen molar-refractivity contribution in [3.05, 3.63) is 30.2 Å². The average molecular weight is 596 g/mol. The van der Waals surface area contributed by atoms with Crippen LogP contribution >= 0.6 is 30.3 Å².